The van der Waals surface area contributed by atoms with E-state index in [0.29, 0.717) is 0 Å². The first-order chi connectivity index (χ1) is 12.4. The number of hydrogen-bond donors (Lipinski definition) is 0. The number of benzene rings is 1. The molecule has 2 heterocycles. The lowest BCUT2D eigenvalue weighted by atomic mass is 10.0. The largest absolute Gasteiger partial charge is 0.356 e. The van der Waals surface area contributed by atoms with Gasteiger partial charge in [0, 0.05) is 11.6 Å². The van der Waals surface area contributed by atoms with Crippen molar-refractivity contribution < 1.29 is 4.52 Å². The highest BCUT2D eigenvalue weighted by Gasteiger charge is 2.09. The van der Waals surface area contributed by atoms with E-state index in [4.69, 9.17) is 4.52 Å². The fourth-order valence-corrected chi connectivity index (χ4v) is 3.75. The molecule has 0 amide bonds. The Kier molecular flexibility index (Phi) is 6.87. The van der Waals surface area contributed by atoms with Gasteiger partial charge >= 0.3 is 0 Å². The van der Waals surface area contributed by atoms with Gasteiger partial charge in [0.25, 0.3) is 0 Å². The zero-order valence-corrected chi connectivity index (χ0v) is 15.9. The maximum Gasteiger partial charge on any atom is 0.167 e. The lowest BCUT2D eigenvalue weighted by molar-refractivity contribution is 0.435. The second-order valence-electron chi connectivity index (χ2n) is 6.62. The number of thiophene rings is 1. The van der Waals surface area contributed by atoms with Crippen LogP contribution in [0.25, 0.3) is 21.9 Å². The summed E-state index contributed by atoms with van der Waals surface area (Å²) in [5.74, 6) is 0.839. The molecule has 0 unspecified atom stereocenters. The smallest absolute Gasteiger partial charge is 0.167 e. The summed E-state index contributed by atoms with van der Waals surface area (Å²) in [5.41, 5.74) is 3.42. The van der Waals surface area contributed by atoms with Crippen LogP contribution in [0.3, 0.4) is 0 Å². The highest BCUT2D eigenvalue weighted by Crippen LogP contribution is 2.28. The van der Waals surface area contributed by atoms with Crippen molar-refractivity contribution in [2.45, 2.75) is 58.3 Å². The van der Waals surface area contributed by atoms with Crippen LogP contribution < -0.4 is 0 Å². The van der Waals surface area contributed by atoms with Crippen molar-refractivity contribution >= 4 is 11.3 Å². The van der Waals surface area contributed by atoms with E-state index in [0.717, 1.165) is 21.9 Å². The van der Waals surface area contributed by atoms with Crippen molar-refractivity contribution in [3.8, 4) is 21.9 Å². The van der Waals surface area contributed by atoms with E-state index in [1.54, 1.807) is 11.3 Å². The average Bonchev–Trinajstić information content (AvgIpc) is 3.33. The Hall–Kier alpha value is -1.87. The minimum absolute atomic E-state index is 0.839. The molecule has 3 rings (SSSR count). The summed E-state index contributed by atoms with van der Waals surface area (Å²) in [7, 11) is 0. The Bertz CT molecular complexity index is 728. The maximum atomic E-state index is 5.52. The third-order valence-electron chi connectivity index (χ3n) is 4.59. The summed E-state index contributed by atoms with van der Waals surface area (Å²) >= 11 is 1.68. The van der Waals surface area contributed by atoms with E-state index < -0.39 is 0 Å². The maximum absolute atomic E-state index is 5.52. The van der Waals surface area contributed by atoms with E-state index in [9.17, 15) is 0 Å². The average molecular weight is 354 g/mol. The molecule has 0 atom stereocenters. The lowest BCUT2D eigenvalue weighted by Gasteiger charge is -2.03. The van der Waals surface area contributed by atoms with Gasteiger partial charge in [-0.3, -0.25) is 0 Å². The normalized spacial score (nSPS) is 11.1. The number of aryl methyl sites for hydroxylation is 1. The number of hydrogen-bond acceptors (Lipinski definition) is 3. The summed E-state index contributed by atoms with van der Waals surface area (Å²) < 4.78 is 5.52. The molecule has 25 heavy (non-hydrogen) atoms. The number of unbranched alkanes of at least 4 members (excludes halogenated alkanes) is 6. The van der Waals surface area contributed by atoms with Gasteiger partial charge in [-0.05, 0) is 29.9 Å². The molecule has 0 radical (unpaired) electrons. The molecule has 3 aromatic rings. The van der Waals surface area contributed by atoms with Gasteiger partial charge in [-0.1, -0.05) is 80.9 Å². The van der Waals surface area contributed by atoms with Crippen LogP contribution in [0, 0.1) is 0 Å². The third-order valence-corrected chi connectivity index (χ3v) is 5.48. The Balaban J connectivity index is 1.47. The predicted molar refractivity (Wildman–Crippen MR) is 107 cm³/mol. The standard InChI is InChI=1S/C22H27NOS/c1-2-3-4-5-6-7-8-10-18-12-14-19(15-13-18)21-17-20(23-24-21)22-11-9-16-25-22/h9,11-17H,2-8,10H2,1H3. The highest BCUT2D eigenvalue weighted by atomic mass is 32.1. The second-order valence-corrected chi connectivity index (χ2v) is 7.57. The van der Waals surface area contributed by atoms with Crippen molar-refractivity contribution in [3.05, 3.63) is 53.4 Å². The van der Waals surface area contributed by atoms with Crippen molar-refractivity contribution in [1.82, 2.24) is 5.16 Å². The number of nitrogens with zero attached hydrogens (tertiary/aromatic N) is 1. The van der Waals surface area contributed by atoms with E-state index in [1.807, 2.05) is 12.1 Å². The molecule has 1 aromatic carbocycles. The number of aromatic nitrogens is 1. The molecule has 0 bridgehead atoms. The molecule has 0 aliphatic carbocycles. The molecule has 0 spiro atoms. The topological polar surface area (TPSA) is 26.0 Å². The van der Waals surface area contributed by atoms with E-state index in [-0.39, 0.29) is 0 Å². The summed E-state index contributed by atoms with van der Waals surface area (Å²) in [4.78, 5) is 1.14. The van der Waals surface area contributed by atoms with Crippen LogP contribution in [0.2, 0.25) is 0 Å². The van der Waals surface area contributed by atoms with Crippen LogP contribution in [0.4, 0.5) is 0 Å². The van der Waals surface area contributed by atoms with Gasteiger partial charge < -0.3 is 4.52 Å². The van der Waals surface area contributed by atoms with Crippen molar-refractivity contribution in [1.29, 1.82) is 0 Å². The first-order valence-corrected chi connectivity index (χ1v) is 10.3. The Morgan fingerprint density at radius 1 is 0.920 bits per heavy atom. The van der Waals surface area contributed by atoms with Crippen LogP contribution >= 0.6 is 11.3 Å². The molecule has 0 N–H and O–H groups in total. The minimum atomic E-state index is 0.839. The van der Waals surface area contributed by atoms with Crippen LogP contribution in [0.1, 0.15) is 57.4 Å². The molecule has 0 saturated heterocycles. The Labute approximate surface area is 154 Å². The third kappa shape index (κ3) is 5.30. The minimum Gasteiger partial charge on any atom is -0.356 e. The summed E-state index contributed by atoms with van der Waals surface area (Å²) in [6.45, 7) is 2.27. The monoisotopic (exact) mass is 353 g/mol. The van der Waals surface area contributed by atoms with Gasteiger partial charge in [0.2, 0.25) is 0 Å². The summed E-state index contributed by atoms with van der Waals surface area (Å²) in [6.07, 6.45) is 10.7. The molecule has 3 heteroatoms. The summed E-state index contributed by atoms with van der Waals surface area (Å²) in [5, 5.41) is 6.24. The van der Waals surface area contributed by atoms with Gasteiger partial charge in [0.05, 0.1) is 4.88 Å². The molecule has 2 aromatic heterocycles. The van der Waals surface area contributed by atoms with Gasteiger partial charge in [-0.25, -0.2) is 0 Å². The van der Waals surface area contributed by atoms with Gasteiger partial charge in [0.1, 0.15) is 5.69 Å². The fraction of sp³-hybridized carbons (Fsp3) is 0.409. The molecule has 0 aliphatic rings. The van der Waals surface area contributed by atoms with E-state index >= 15 is 0 Å². The van der Waals surface area contributed by atoms with Crippen LogP contribution in [0.15, 0.2) is 52.4 Å². The summed E-state index contributed by atoms with van der Waals surface area (Å²) in [6, 6.07) is 14.9. The molecule has 0 fully saturated rings. The molecule has 0 aliphatic heterocycles. The fourth-order valence-electron chi connectivity index (χ4n) is 3.07. The van der Waals surface area contributed by atoms with Crippen LogP contribution in [0.5, 0.6) is 0 Å². The second kappa shape index (κ2) is 9.57. The van der Waals surface area contributed by atoms with E-state index in [2.05, 4.69) is 47.8 Å². The van der Waals surface area contributed by atoms with Crippen molar-refractivity contribution in [2.75, 3.05) is 0 Å². The van der Waals surface area contributed by atoms with E-state index in [1.165, 1.54) is 56.9 Å². The quantitative estimate of drug-likeness (QED) is 0.356. The molecule has 132 valence electrons. The highest BCUT2D eigenvalue weighted by molar-refractivity contribution is 7.13. The Morgan fingerprint density at radius 2 is 1.68 bits per heavy atom. The van der Waals surface area contributed by atoms with Crippen molar-refractivity contribution in [2.24, 2.45) is 0 Å². The Morgan fingerprint density at radius 3 is 2.40 bits per heavy atom. The molecular weight excluding hydrogens is 326 g/mol. The zero-order valence-electron chi connectivity index (χ0n) is 15.0. The lowest BCUT2D eigenvalue weighted by Crippen LogP contribution is -1.86. The van der Waals surface area contributed by atoms with Crippen LogP contribution in [-0.4, -0.2) is 5.16 Å². The van der Waals surface area contributed by atoms with Gasteiger partial charge in [-0.15, -0.1) is 11.3 Å². The molecular formula is C22H27NOS. The van der Waals surface area contributed by atoms with Gasteiger partial charge in [0.15, 0.2) is 5.76 Å². The predicted octanol–water partition coefficient (Wildman–Crippen LogP) is 7.36. The first-order valence-electron chi connectivity index (χ1n) is 9.46. The molecule has 2 nitrogen and oxygen atoms in total. The first kappa shape index (κ1) is 17.9. The van der Waals surface area contributed by atoms with Crippen LogP contribution in [-0.2, 0) is 6.42 Å². The van der Waals surface area contributed by atoms with Crippen molar-refractivity contribution in [3.63, 3.8) is 0 Å². The van der Waals surface area contributed by atoms with Gasteiger partial charge in [-0.2, -0.15) is 0 Å². The SMILES string of the molecule is CCCCCCCCCc1ccc(-c2cc(-c3cccs3)no2)cc1. The molecule has 0 saturated carbocycles. The number of rotatable bonds is 10. The zero-order chi connectivity index (χ0) is 17.3.